The molecule has 1 unspecified atom stereocenters. The maximum atomic E-state index is 9.61. The number of hydrogen-bond donors (Lipinski definition) is 2. The summed E-state index contributed by atoms with van der Waals surface area (Å²) in [4.78, 5) is 0. The number of hydrogen-bond acceptors (Lipinski definition) is 3. The van der Waals surface area contributed by atoms with Crippen molar-refractivity contribution >= 4 is 11.8 Å². The van der Waals surface area contributed by atoms with Gasteiger partial charge in [0.05, 0.1) is 6.10 Å². The van der Waals surface area contributed by atoms with Crippen molar-refractivity contribution in [3.8, 4) is 0 Å². The summed E-state index contributed by atoms with van der Waals surface area (Å²) in [6.45, 7) is 2.55. The lowest BCUT2D eigenvalue weighted by molar-refractivity contribution is 0.0380. The van der Waals surface area contributed by atoms with Crippen LogP contribution in [-0.4, -0.2) is 29.3 Å². The van der Waals surface area contributed by atoms with Gasteiger partial charge in [-0.05, 0) is 29.8 Å². The Morgan fingerprint density at radius 3 is 2.55 bits per heavy atom. The van der Waals surface area contributed by atoms with Crippen molar-refractivity contribution in [2.45, 2.75) is 25.9 Å². The Balaban J connectivity index is 2.49. The largest absolute Gasteiger partial charge is 0.391 e. The van der Waals surface area contributed by atoms with Gasteiger partial charge in [-0.1, -0.05) is 6.92 Å². The summed E-state index contributed by atoms with van der Waals surface area (Å²) in [5.41, 5.74) is 5.53. The molecule has 1 saturated heterocycles. The maximum absolute atomic E-state index is 9.61. The van der Waals surface area contributed by atoms with Crippen molar-refractivity contribution in [2.75, 3.05) is 18.1 Å². The molecule has 0 bridgehead atoms. The van der Waals surface area contributed by atoms with Crippen molar-refractivity contribution in [2.24, 2.45) is 11.1 Å². The first-order chi connectivity index (χ1) is 5.19. The van der Waals surface area contributed by atoms with Gasteiger partial charge < -0.3 is 10.8 Å². The number of nitrogens with two attached hydrogens (primary N) is 1. The normalized spacial score (nSPS) is 26.5. The second kappa shape index (κ2) is 3.78. The summed E-state index contributed by atoms with van der Waals surface area (Å²) in [6.07, 6.45) is 1.91. The molecule has 1 aliphatic rings. The molecule has 1 heterocycles. The van der Waals surface area contributed by atoms with Crippen LogP contribution in [0.3, 0.4) is 0 Å². The van der Waals surface area contributed by atoms with Crippen LogP contribution in [-0.2, 0) is 0 Å². The summed E-state index contributed by atoms with van der Waals surface area (Å²) >= 11 is 1.97. The molecule has 0 radical (unpaired) electrons. The van der Waals surface area contributed by atoms with E-state index in [1.807, 2.05) is 11.8 Å². The van der Waals surface area contributed by atoms with E-state index in [9.17, 15) is 5.11 Å². The SMILES string of the molecule is CC1(C(O)CN)CCSCC1. The molecule has 1 fully saturated rings. The van der Waals surface area contributed by atoms with Crippen molar-refractivity contribution in [1.29, 1.82) is 0 Å². The van der Waals surface area contributed by atoms with Crippen molar-refractivity contribution in [3.05, 3.63) is 0 Å². The van der Waals surface area contributed by atoms with Gasteiger partial charge in [0.25, 0.3) is 0 Å². The summed E-state index contributed by atoms with van der Waals surface area (Å²) in [5, 5.41) is 9.61. The lowest BCUT2D eigenvalue weighted by Gasteiger charge is -2.37. The van der Waals surface area contributed by atoms with Gasteiger partial charge in [0.1, 0.15) is 0 Å². The van der Waals surface area contributed by atoms with E-state index >= 15 is 0 Å². The fourth-order valence-electron chi connectivity index (χ4n) is 1.46. The third-order valence-electron chi connectivity index (χ3n) is 2.66. The fraction of sp³-hybridized carbons (Fsp3) is 1.00. The summed E-state index contributed by atoms with van der Waals surface area (Å²) in [7, 11) is 0. The molecule has 3 N–H and O–H groups in total. The highest BCUT2D eigenvalue weighted by Crippen LogP contribution is 2.36. The first kappa shape index (κ1) is 9.36. The van der Waals surface area contributed by atoms with E-state index in [0.29, 0.717) is 6.54 Å². The van der Waals surface area contributed by atoms with Crippen LogP contribution in [0.5, 0.6) is 0 Å². The molecule has 2 nitrogen and oxygen atoms in total. The molecule has 0 aromatic carbocycles. The minimum absolute atomic E-state index is 0.0972. The standard InChI is InChI=1S/C8H17NOS/c1-8(7(10)6-9)2-4-11-5-3-8/h7,10H,2-6,9H2,1H3. The molecule has 0 spiro atoms. The van der Waals surface area contributed by atoms with E-state index in [0.717, 1.165) is 12.8 Å². The third kappa shape index (κ3) is 2.10. The summed E-state index contributed by atoms with van der Waals surface area (Å²) < 4.78 is 0. The summed E-state index contributed by atoms with van der Waals surface area (Å²) in [6, 6.07) is 0. The van der Waals surface area contributed by atoms with Crippen LogP contribution in [0.25, 0.3) is 0 Å². The molecule has 0 amide bonds. The molecule has 1 rings (SSSR count). The molecule has 1 atom stereocenters. The van der Waals surface area contributed by atoms with Crippen LogP contribution in [0.4, 0.5) is 0 Å². The van der Waals surface area contributed by atoms with Crippen LogP contribution >= 0.6 is 11.8 Å². The second-order valence-corrected chi connectivity index (χ2v) is 4.74. The average Bonchev–Trinajstić information content (AvgIpc) is 2.04. The molecule has 66 valence electrons. The Hall–Kier alpha value is 0.270. The van der Waals surface area contributed by atoms with Crippen molar-refractivity contribution in [1.82, 2.24) is 0 Å². The van der Waals surface area contributed by atoms with Gasteiger partial charge in [0.2, 0.25) is 0 Å². The van der Waals surface area contributed by atoms with Gasteiger partial charge in [-0.2, -0.15) is 11.8 Å². The van der Waals surface area contributed by atoms with Crippen molar-refractivity contribution in [3.63, 3.8) is 0 Å². The average molecular weight is 175 g/mol. The first-order valence-electron chi connectivity index (χ1n) is 4.15. The van der Waals surface area contributed by atoms with Crippen LogP contribution < -0.4 is 5.73 Å². The molecule has 0 aromatic heterocycles. The second-order valence-electron chi connectivity index (χ2n) is 3.52. The first-order valence-corrected chi connectivity index (χ1v) is 5.30. The van der Waals surface area contributed by atoms with Gasteiger partial charge in [-0.15, -0.1) is 0 Å². The highest BCUT2D eigenvalue weighted by Gasteiger charge is 2.33. The molecule has 0 aliphatic carbocycles. The van der Waals surface area contributed by atoms with E-state index < -0.39 is 0 Å². The van der Waals surface area contributed by atoms with Crippen LogP contribution in [0.1, 0.15) is 19.8 Å². The Bertz CT molecular complexity index is 123. The fourth-order valence-corrected chi connectivity index (χ4v) is 2.88. The summed E-state index contributed by atoms with van der Waals surface area (Å²) in [5.74, 6) is 2.35. The quantitative estimate of drug-likeness (QED) is 0.654. The lowest BCUT2D eigenvalue weighted by atomic mass is 9.79. The monoisotopic (exact) mass is 175 g/mol. The van der Waals surface area contributed by atoms with Gasteiger partial charge in [0.15, 0.2) is 0 Å². The molecule has 0 aromatic rings. The number of aliphatic hydroxyl groups excluding tert-OH is 1. The van der Waals surface area contributed by atoms with Crippen LogP contribution in [0.15, 0.2) is 0 Å². The number of aliphatic hydroxyl groups is 1. The van der Waals surface area contributed by atoms with Gasteiger partial charge in [-0.25, -0.2) is 0 Å². The molecule has 0 saturated carbocycles. The van der Waals surface area contributed by atoms with E-state index in [-0.39, 0.29) is 11.5 Å². The zero-order chi connectivity index (χ0) is 8.32. The highest BCUT2D eigenvalue weighted by atomic mass is 32.2. The molecule has 11 heavy (non-hydrogen) atoms. The highest BCUT2D eigenvalue weighted by molar-refractivity contribution is 7.99. The van der Waals surface area contributed by atoms with Gasteiger partial charge >= 0.3 is 0 Å². The third-order valence-corrected chi connectivity index (χ3v) is 3.65. The maximum Gasteiger partial charge on any atom is 0.0716 e. The van der Waals surface area contributed by atoms with E-state index in [1.165, 1.54) is 11.5 Å². The topological polar surface area (TPSA) is 46.2 Å². The number of thioether (sulfide) groups is 1. The Labute approximate surface area is 72.5 Å². The van der Waals surface area contributed by atoms with Crippen molar-refractivity contribution < 1.29 is 5.11 Å². The van der Waals surface area contributed by atoms with Crippen LogP contribution in [0, 0.1) is 5.41 Å². The number of rotatable bonds is 2. The molecule has 1 aliphatic heterocycles. The molecule has 3 heteroatoms. The van der Waals surface area contributed by atoms with Gasteiger partial charge in [-0.3, -0.25) is 0 Å². The predicted octanol–water partition coefficient (Wildman–Crippen LogP) is 0.839. The lowest BCUT2D eigenvalue weighted by Crippen LogP contribution is -2.40. The smallest absolute Gasteiger partial charge is 0.0716 e. The zero-order valence-electron chi connectivity index (χ0n) is 7.05. The Kier molecular flexibility index (Phi) is 3.22. The minimum Gasteiger partial charge on any atom is -0.391 e. The molecular formula is C8H17NOS. The predicted molar refractivity (Wildman–Crippen MR) is 49.7 cm³/mol. The molecular weight excluding hydrogens is 158 g/mol. The Morgan fingerprint density at radius 1 is 1.55 bits per heavy atom. The van der Waals surface area contributed by atoms with Gasteiger partial charge in [0, 0.05) is 6.54 Å². The van der Waals surface area contributed by atoms with E-state index in [1.54, 1.807) is 0 Å². The van der Waals surface area contributed by atoms with E-state index in [2.05, 4.69) is 6.92 Å². The Morgan fingerprint density at radius 2 is 2.09 bits per heavy atom. The minimum atomic E-state index is -0.302. The van der Waals surface area contributed by atoms with Crippen LogP contribution in [0.2, 0.25) is 0 Å². The zero-order valence-corrected chi connectivity index (χ0v) is 7.86. The van der Waals surface area contributed by atoms with E-state index in [4.69, 9.17) is 5.73 Å².